The van der Waals surface area contributed by atoms with Gasteiger partial charge in [0.2, 0.25) is 5.91 Å². The van der Waals surface area contributed by atoms with Gasteiger partial charge < -0.3 is 0 Å². The fourth-order valence-electron chi connectivity index (χ4n) is 0.176. The third-order valence-corrected chi connectivity index (χ3v) is 0.607. The van der Waals surface area contributed by atoms with E-state index in [4.69, 9.17) is 5.84 Å². The molecule has 0 aromatic heterocycles. The van der Waals surface area contributed by atoms with E-state index in [0.717, 1.165) is 5.01 Å². The Hall–Kier alpha value is -0.570. The number of hydrogen-bond acceptors (Lipinski definition) is 2. The lowest BCUT2D eigenvalue weighted by Crippen LogP contribution is -2.32. The minimum absolute atomic E-state index is 0.153. The molecule has 0 heterocycles. The molecule has 0 aromatic carbocycles. The average molecular weight is 101 g/mol. The normalized spacial score (nSPS) is 8.43. The summed E-state index contributed by atoms with van der Waals surface area (Å²) in [4.78, 5) is 10.2. The molecule has 0 saturated heterocycles. The van der Waals surface area contributed by atoms with E-state index in [-0.39, 0.29) is 12.3 Å². The molecule has 0 bridgehead atoms. The number of nitrogens with two attached hydrogens (primary N) is 1. The maximum absolute atomic E-state index is 10.2. The Morgan fingerprint density at radius 2 is 2.43 bits per heavy atom. The molecule has 1 radical (unpaired) electrons. The zero-order valence-electron chi connectivity index (χ0n) is 4.35. The second-order valence-electron chi connectivity index (χ2n) is 1.25. The van der Waals surface area contributed by atoms with Crippen LogP contribution in [0, 0.1) is 6.92 Å². The van der Waals surface area contributed by atoms with Crippen molar-refractivity contribution in [3.8, 4) is 0 Å². The van der Waals surface area contributed by atoms with Crippen molar-refractivity contribution in [2.24, 2.45) is 5.84 Å². The fraction of sp³-hybridized carbons (Fsp3) is 0.500. The van der Waals surface area contributed by atoms with Crippen LogP contribution in [0.15, 0.2) is 0 Å². The number of hydrogen-bond donors (Lipinski definition) is 1. The Morgan fingerprint density at radius 3 is 2.43 bits per heavy atom. The predicted molar refractivity (Wildman–Crippen MR) is 26.9 cm³/mol. The Labute approximate surface area is 43.1 Å². The molecule has 7 heavy (non-hydrogen) atoms. The highest BCUT2D eigenvalue weighted by Crippen LogP contribution is 1.77. The number of hydrazine groups is 1. The number of carbonyl (C=O) groups excluding carboxylic acids is 1. The van der Waals surface area contributed by atoms with E-state index >= 15 is 0 Å². The van der Waals surface area contributed by atoms with Crippen LogP contribution in [0.3, 0.4) is 0 Å². The largest absolute Gasteiger partial charge is 0.284 e. The summed E-state index contributed by atoms with van der Waals surface area (Å²) < 4.78 is 0. The van der Waals surface area contributed by atoms with Gasteiger partial charge in [0.1, 0.15) is 0 Å². The maximum Gasteiger partial charge on any atom is 0.236 e. The summed E-state index contributed by atoms with van der Waals surface area (Å²) in [5.74, 6) is 4.84. The van der Waals surface area contributed by atoms with Crippen LogP contribution in [0.1, 0.15) is 6.42 Å². The van der Waals surface area contributed by atoms with Crippen molar-refractivity contribution in [3.05, 3.63) is 6.92 Å². The average Bonchev–Trinajstić information content (AvgIpc) is 1.65. The zero-order chi connectivity index (χ0) is 5.86. The summed E-state index contributed by atoms with van der Waals surface area (Å²) in [6.45, 7) is 3.34. The molecule has 41 valence electrons. The van der Waals surface area contributed by atoms with Crippen LogP contribution < -0.4 is 5.84 Å². The fourth-order valence-corrected chi connectivity index (χ4v) is 0.176. The molecule has 3 nitrogen and oxygen atoms in total. The second-order valence-corrected chi connectivity index (χ2v) is 1.25. The molecule has 0 atom stereocenters. The highest BCUT2D eigenvalue weighted by Gasteiger charge is 1.96. The van der Waals surface area contributed by atoms with Crippen LogP contribution in [0.4, 0.5) is 0 Å². The summed E-state index contributed by atoms with van der Waals surface area (Å²) in [6.07, 6.45) is 0.229. The van der Waals surface area contributed by atoms with Crippen molar-refractivity contribution in [2.75, 3.05) is 7.05 Å². The first-order valence-corrected chi connectivity index (χ1v) is 1.99. The Morgan fingerprint density at radius 1 is 2.00 bits per heavy atom. The minimum Gasteiger partial charge on any atom is -0.284 e. The molecule has 0 unspecified atom stereocenters. The Bertz CT molecular complexity index is 70.1. The van der Waals surface area contributed by atoms with Gasteiger partial charge in [0.05, 0.1) is 0 Å². The molecule has 0 rings (SSSR count). The number of carbonyl (C=O) groups is 1. The molecule has 1 amide bonds. The van der Waals surface area contributed by atoms with Crippen molar-refractivity contribution < 1.29 is 4.79 Å². The van der Waals surface area contributed by atoms with E-state index in [9.17, 15) is 4.79 Å². The molecule has 0 saturated carbocycles. The number of rotatable bonds is 1. The van der Waals surface area contributed by atoms with Gasteiger partial charge in [-0.2, -0.15) is 0 Å². The van der Waals surface area contributed by atoms with Crippen LogP contribution >= 0.6 is 0 Å². The Balaban J connectivity index is 3.35. The third-order valence-electron chi connectivity index (χ3n) is 0.607. The first-order chi connectivity index (χ1) is 3.18. The van der Waals surface area contributed by atoms with Crippen molar-refractivity contribution >= 4 is 5.91 Å². The van der Waals surface area contributed by atoms with Crippen LogP contribution in [0.5, 0.6) is 0 Å². The van der Waals surface area contributed by atoms with Gasteiger partial charge in [-0.15, -0.1) is 0 Å². The van der Waals surface area contributed by atoms with Crippen molar-refractivity contribution in [3.63, 3.8) is 0 Å². The lowest BCUT2D eigenvalue weighted by Gasteiger charge is -2.05. The second kappa shape index (κ2) is 2.58. The van der Waals surface area contributed by atoms with Gasteiger partial charge in [-0.3, -0.25) is 9.80 Å². The highest BCUT2D eigenvalue weighted by molar-refractivity contribution is 5.75. The SMILES string of the molecule is [CH2]CC(=O)N(C)N. The third kappa shape index (κ3) is 2.17. The molecule has 0 aliphatic rings. The van der Waals surface area contributed by atoms with Gasteiger partial charge >= 0.3 is 0 Å². The summed E-state index contributed by atoms with van der Waals surface area (Å²) in [7, 11) is 1.49. The van der Waals surface area contributed by atoms with E-state index in [1.165, 1.54) is 7.05 Å². The van der Waals surface area contributed by atoms with E-state index in [2.05, 4.69) is 6.92 Å². The van der Waals surface area contributed by atoms with Gasteiger partial charge in [-0.1, -0.05) is 0 Å². The van der Waals surface area contributed by atoms with Gasteiger partial charge in [-0.05, 0) is 6.92 Å². The summed E-state index contributed by atoms with van der Waals surface area (Å²) >= 11 is 0. The van der Waals surface area contributed by atoms with Crippen molar-refractivity contribution in [1.82, 2.24) is 5.01 Å². The van der Waals surface area contributed by atoms with Crippen molar-refractivity contribution in [2.45, 2.75) is 6.42 Å². The monoisotopic (exact) mass is 101 g/mol. The van der Waals surface area contributed by atoms with Crippen LogP contribution in [0.2, 0.25) is 0 Å². The zero-order valence-corrected chi connectivity index (χ0v) is 4.35. The van der Waals surface area contributed by atoms with Gasteiger partial charge in [-0.25, -0.2) is 5.84 Å². The van der Waals surface area contributed by atoms with Gasteiger partial charge in [0, 0.05) is 13.5 Å². The molecular formula is C4H9N2O. The first kappa shape index (κ1) is 6.43. The quantitative estimate of drug-likeness (QED) is 0.276. The van der Waals surface area contributed by atoms with Gasteiger partial charge in [0.25, 0.3) is 0 Å². The standard InChI is InChI=1S/C4H9N2O/c1-3-4(7)6(2)5/h1,3,5H2,2H3. The van der Waals surface area contributed by atoms with Crippen LogP contribution in [0.25, 0.3) is 0 Å². The Kier molecular flexibility index (Phi) is 2.37. The summed E-state index contributed by atoms with van der Waals surface area (Å²) in [6, 6.07) is 0. The van der Waals surface area contributed by atoms with E-state index in [1.807, 2.05) is 0 Å². The minimum atomic E-state index is -0.153. The first-order valence-electron chi connectivity index (χ1n) is 1.99. The van der Waals surface area contributed by atoms with Crippen LogP contribution in [-0.4, -0.2) is 18.0 Å². The molecular weight excluding hydrogens is 92.1 g/mol. The molecule has 3 heteroatoms. The molecule has 0 aliphatic heterocycles. The van der Waals surface area contributed by atoms with E-state index in [1.54, 1.807) is 0 Å². The number of nitrogens with zero attached hydrogens (tertiary/aromatic N) is 1. The molecule has 0 aromatic rings. The smallest absolute Gasteiger partial charge is 0.236 e. The lowest BCUT2D eigenvalue weighted by atomic mass is 10.5. The van der Waals surface area contributed by atoms with Gasteiger partial charge in [0.15, 0.2) is 0 Å². The summed E-state index contributed by atoms with van der Waals surface area (Å²) in [5, 5.41) is 1.02. The van der Waals surface area contributed by atoms with E-state index < -0.39 is 0 Å². The topological polar surface area (TPSA) is 46.3 Å². The maximum atomic E-state index is 10.2. The predicted octanol–water partition coefficient (Wildman–Crippen LogP) is -0.457. The molecule has 0 aliphatic carbocycles. The highest BCUT2D eigenvalue weighted by atomic mass is 16.2. The number of amides is 1. The van der Waals surface area contributed by atoms with E-state index in [0.29, 0.717) is 0 Å². The molecule has 0 spiro atoms. The lowest BCUT2D eigenvalue weighted by molar-refractivity contribution is -0.129. The van der Waals surface area contributed by atoms with Crippen LogP contribution in [-0.2, 0) is 4.79 Å². The summed E-state index contributed by atoms with van der Waals surface area (Å²) in [5.41, 5.74) is 0. The van der Waals surface area contributed by atoms with Crippen molar-refractivity contribution in [1.29, 1.82) is 0 Å². The molecule has 2 N–H and O–H groups in total. The molecule has 0 fully saturated rings.